The quantitative estimate of drug-likeness (QED) is 0.607. The lowest BCUT2D eigenvalue weighted by Gasteiger charge is -2.27. The highest BCUT2D eigenvalue weighted by Crippen LogP contribution is 2.40. The predicted molar refractivity (Wildman–Crippen MR) is 42.6 cm³/mol. The van der Waals surface area contributed by atoms with E-state index in [-0.39, 0.29) is 11.7 Å². The van der Waals surface area contributed by atoms with Crippen molar-refractivity contribution in [1.82, 2.24) is 5.48 Å². The van der Waals surface area contributed by atoms with Crippen molar-refractivity contribution in [2.75, 3.05) is 26.9 Å². The molecular formula is C8H15NO3. The smallest absolute Gasteiger partial charge is 0.122 e. The molecule has 0 aromatic rings. The van der Waals surface area contributed by atoms with Crippen molar-refractivity contribution in [3.63, 3.8) is 0 Å². The summed E-state index contributed by atoms with van der Waals surface area (Å²) in [6.07, 6.45) is 0.283. The molecule has 2 fully saturated rings. The van der Waals surface area contributed by atoms with Gasteiger partial charge in [0.1, 0.15) is 5.60 Å². The number of fused-ring (bicyclic) bond motifs is 2. The summed E-state index contributed by atoms with van der Waals surface area (Å²) in [6, 6.07) is 0. The highest BCUT2D eigenvalue weighted by molar-refractivity contribution is 5.01. The van der Waals surface area contributed by atoms with E-state index in [0.717, 1.165) is 0 Å². The number of hydrogen-bond acceptors (Lipinski definition) is 4. The summed E-state index contributed by atoms with van der Waals surface area (Å²) in [5, 5.41) is 0. The van der Waals surface area contributed by atoms with Crippen LogP contribution in [0.5, 0.6) is 0 Å². The molecule has 0 spiro atoms. The number of rotatable bonds is 3. The summed E-state index contributed by atoms with van der Waals surface area (Å²) >= 11 is 0. The van der Waals surface area contributed by atoms with Crippen molar-refractivity contribution < 1.29 is 14.3 Å². The van der Waals surface area contributed by atoms with Gasteiger partial charge in [0.2, 0.25) is 0 Å². The second-order valence-corrected chi connectivity index (χ2v) is 3.51. The maximum Gasteiger partial charge on any atom is 0.122 e. The van der Waals surface area contributed by atoms with Crippen LogP contribution in [0.4, 0.5) is 0 Å². The Balaban J connectivity index is 2.00. The molecule has 4 heteroatoms. The van der Waals surface area contributed by atoms with Crippen LogP contribution in [0.25, 0.3) is 0 Å². The summed E-state index contributed by atoms with van der Waals surface area (Å²) in [4.78, 5) is 5.15. The molecule has 0 amide bonds. The second kappa shape index (κ2) is 2.96. The molecule has 2 saturated heterocycles. The molecule has 0 saturated carbocycles. The van der Waals surface area contributed by atoms with Crippen LogP contribution in [-0.2, 0) is 14.3 Å². The molecule has 3 atom stereocenters. The van der Waals surface area contributed by atoms with E-state index in [1.54, 1.807) is 7.05 Å². The van der Waals surface area contributed by atoms with Crippen LogP contribution in [0.3, 0.4) is 0 Å². The molecule has 0 unspecified atom stereocenters. The molecule has 2 rings (SSSR count). The summed E-state index contributed by atoms with van der Waals surface area (Å²) in [5.74, 6) is 0.450. The molecule has 2 aliphatic rings. The summed E-state index contributed by atoms with van der Waals surface area (Å²) in [5.41, 5.74) is 2.47. The van der Waals surface area contributed by atoms with Crippen molar-refractivity contribution in [3.8, 4) is 0 Å². The number of hydrogen-bond donors (Lipinski definition) is 1. The maximum absolute atomic E-state index is 5.66. The minimum absolute atomic E-state index is 0.187. The Labute approximate surface area is 72.1 Å². The third-order valence-electron chi connectivity index (χ3n) is 2.93. The summed E-state index contributed by atoms with van der Waals surface area (Å²) < 4.78 is 11.2. The first-order valence-electron chi connectivity index (χ1n) is 4.32. The van der Waals surface area contributed by atoms with Crippen LogP contribution < -0.4 is 5.48 Å². The van der Waals surface area contributed by atoms with Gasteiger partial charge < -0.3 is 9.47 Å². The van der Waals surface area contributed by atoms with Crippen molar-refractivity contribution in [1.29, 1.82) is 0 Å². The van der Waals surface area contributed by atoms with E-state index in [1.807, 2.05) is 0 Å². The maximum atomic E-state index is 5.66. The van der Waals surface area contributed by atoms with E-state index in [9.17, 15) is 0 Å². The molecule has 2 bridgehead atoms. The second-order valence-electron chi connectivity index (χ2n) is 3.51. The van der Waals surface area contributed by atoms with Gasteiger partial charge in [0.15, 0.2) is 0 Å². The lowest BCUT2D eigenvalue weighted by molar-refractivity contribution is -0.140. The van der Waals surface area contributed by atoms with E-state index < -0.39 is 0 Å². The van der Waals surface area contributed by atoms with Gasteiger partial charge in [-0.15, -0.1) is 0 Å². The van der Waals surface area contributed by atoms with Crippen LogP contribution >= 0.6 is 0 Å². The van der Waals surface area contributed by atoms with E-state index in [0.29, 0.717) is 25.7 Å². The van der Waals surface area contributed by atoms with Gasteiger partial charge in [-0.25, -0.2) is 5.48 Å². The predicted octanol–water partition coefficient (Wildman–Crippen LogP) is -0.0587. The van der Waals surface area contributed by atoms with E-state index in [1.165, 1.54) is 0 Å². The minimum atomic E-state index is -0.187. The van der Waals surface area contributed by atoms with Crippen molar-refractivity contribution >= 4 is 0 Å². The van der Waals surface area contributed by atoms with E-state index >= 15 is 0 Å². The fourth-order valence-corrected chi connectivity index (χ4v) is 1.89. The van der Waals surface area contributed by atoms with Gasteiger partial charge in [0.25, 0.3) is 0 Å². The lowest BCUT2D eigenvalue weighted by Crippen LogP contribution is -2.42. The van der Waals surface area contributed by atoms with Crippen LogP contribution in [-0.4, -0.2) is 38.6 Å². The van der Waals surface area contributed by atoms with Crippen molar-refractivity contribution in [2.24, 2.45) is 5.92 Å². The molecular weight excluding hydrogens is 158 g/mol. The number of hydroxylamine groups is 1. The van der Waals surface area contributed by atoms with Crippen LogP contribution in [0.2, 0.25) is 0 Å². The highest BCUT2D eigenvalue weighted by Gasteiger charge is 2.54. The zero-order valence-corrected chi connectivity index (χ0v) is 7.50. The fraction of sp³-hybridized carbons (Fsp3) is 1.00. The lowest BCUT2D eigenvalue weighted by atomic mass is 9.92. The summed E-state index contributed by atoms with van der Waals surface area (Å²) in [7, 11) is 1.75. The number of nitrogens with one attached hydrogen (secondary N) is 1. The molecule has 70 valence electrons. The van der Waals surface area contributed by atoms with Crippen LogP contribution in [0, 0.1) is 5.92 Å². The first-order valence-corrected chi connectivity index (χ1v) is 4.32. The van der Waals surface area contributed by atoms with Gasteiger partial charge in [-0.05, 0) is 0 Å². The van der Waals surface area contributed by atoms with Gasteiger partial charge in [-0.2, -0.15) is 0 Å². The van der Waals surface area contributed by atoms with Crippen LogP contribution in [0.15, 0.2) is 0 Å². The molecule has 0 radical (unpaired) electrons. The van der Waals surface area contributed by atoms with E-state index in [4.69, 9.17) is 14.3 Å². The van der Waals surface area contributed by atoms with Gasteiger partial charge >= 0.3 is 0 Å². The average molecular weight is 173 g/mol. The Morgan fingerprint density at radius 3 is 2.92 bits per heavy atom. The van der Waals surface area contributed by atoms with Crippen molar-refractivity contribution in [3.05, 3.63) is 0 Å². The monoisotopic (exact) mass is 173 g/mol. The summed E-state index contributed by atoms with van der Waals surface area (Å²) in [6.45, 7) is 4.11. The Bertz CT molecular complexity index is 166. The number of ether oxygens (including phenoxy) is 2. The minimum Gasteiger partial charge on any atom is -0.372 e. The standard InChI is InChI=1S/C8H15NO3/c1-6-7-3-11-8(6,4-10-7)5-12-9-2/h6-7,9H,3-5H2,1-2H3/t6-,7-,8+/m0/s1. The molecule has 2 heterocycles. The molecule has 4 nitrogen and oxygen atoms in total. The average Bonchev–Trinajstić information content (AvgIpc) is 2.57. The third kappa shape index (κ3) is 1.07. The van der Waals surface area contributed by atoms with Crippen LogP contribution in [0.1, 0.15) is 6.92 Å². The zero-order valence-electron chi connectivity index (χ0n) is 7.50. The third-order valence-corrected chi connectivity index (χ3v) is 2.93. The highest BCUT2D eigenvalue weighted by atomic mass is 16.7. The molecule has 0 aromatic heterocycles. The zero-order chi connectivity index (χ0) is 8.60. The Morgan fingerprint density at radius 1 is 1.67 bits per heavy atom. The Hall–Kier alpha value is -0.160. The van der Waals surface area contributed by atoms with Gasteiger partial charge in [0, 0.05) is 13.0 Å². The fourth-order valence-electron chi connectivity index (χ4n) is 1.89. The molecule has 2 aliphatic heterocycles. The normalized spacial score (nSPS) is 45.5. The first kappa shape index (κ1) is 8.44. The van der Waals surface area contributed by atoms with E-state index in [2.05, 4.69) is 12.4 Å². The first-order chi connectivity index (χ1) is 5.78. The van der Waals surface area contributed by atoms with Gasteiger partial charge in [-0.1, -0.05) is 6.92 Å². The largest absolute Gasteiger partial charge is 0.372 e. The van der Waals surface area contributed by atoms with Crippen molar-refractivity contribution in [2.45, 2.75) is 18.6 Å². The SMILES string of the molecule is CNOC[C@@]12CO[C@@H](CO1)[C@@H]2C. The molecule has 12 heavy (non-hydrogen) atoms. The topological polar surface area (TPSA) is 39.7 Å². The molecule has 0 aromatic carbocycles. The Kier molecular flexibility index (Phi) is 2.08. The molecule has 1 N–H and O–H groups in total. The Morgan fingerprint density at radius 2 is 2.50 bits per heavy atom. The van der Waals surface area contributed by atoms with Gasteiger partial charge in [-0.3, -0.25) is 4.84 Å². The van der Waals surface area contributed by atoms with Gasteiger partial charge in [0.05, 0.1) is 25.9 Å². The molecule has 0 aliphatic carbocycles.